The largest absolute Gasteiger partial charge is 0.480 e. The van der Waals surface area contributed by atoms with E-state index in [0.717, 1.165) is 18.4 Å². The Balaban J connectivity index is 2.19. The van der Waals surface area contributed by atoms with Gasteiger partial charge >= 0.3 is 5.97 Å². The quantitative estimate of drug-likeness (QED) is 0.790. The SMILES string of the molecule is CC(C)(C)c1ccc2c(c1)CCC(NCC(=O)O)[C@@H]2O. The molecule has 4 nitrogen and oxygen atoms in total. The molecular weight excluding hydrogens is 254 g/mol. The van der Waals surface area contributed by atoms with Crippen molar-refractivity contribution >= 4 is 5.97 Å². The second kappa shape index (κ2) is 5.54. The summed E-state index contributed by atoms with van der Waals surface area (Å²) >= 11 is 0. The first-order valence-electron chi connectivity index (χ1n) is 7.05. The molecule has 0 saturated carbocycles. The minimum atomic E-state index is -0.897. The van der Waals surface area contributed by atoms with E-state index in [0.29, 0.717) is 0 Å². The van der Waals surface area contributed by atoms with E-state index < -0.39 is 12.1 Å². The molecule has 4 heteroatoms. The number of carboxylic acids is 1. The van der Waals surface area contributed by atoms with E-state index >= 15 is 0 Å². The van der Waals surface area contributed by atoms with Crippen LogP contribution in [0.2, 0.25) is 0 Å². The van der Waals surface area contributed by atoms with Gasteiger partial charge in [0.25, 0.3) is 0 Å². The molecule has 0 spiro atoms. The van der Waals surface area contributed by atoms with Crippen molar-refractivity contribution in [1.29, 1.82) is 0 Å². The van der Waals surface area contributed by atoms with Gasteiger partial charge in [-0.2, -0.15) is 0 Å². The molecule has 1 aliphatic carbocycles. The molecule has 110 valence electrons. The van der Waals surface area contributed by atoms with E-state index in [1.54, 1.807) is 0 Å². The Bertz CT molecular complexity index is 505. The fourth-order valence-electron chi connectivity index (χ4n) is 2.70. The first-order chi connectivity index (χ1) is 9.29. The number of aliphatic hydroxyl groups is 1. The molecule has 0 aromatic heterocycles. The van der Waals surface area contributed by atoms with Gasteiger partial charge in [-0.3, -0.25) is 4.79 Å². The third kappa shape index (κ3) is 3.19. The standard InChI is InChI=1S/C16H23NO3/c1-16(2,3)11-5-6-12-10(8-11)4-7-13(15(12)20)17-9-14(18)19/h5-6,8,13,15,17,20H,4,7,9H2,1-3H3,(H,18,19)/t13?,15-/m1/s1. The summed E-state index contributed by atoms with van der Waals surface area (Å²) in [5.41, 5.74) is 3.46. The van der Waals surface area contributed by atoms with Gasteiger partial charge in [0.1, 0.15) is 0 Å². The fourth-order valence-corrected chi connectivity index (χ4v) is 2.70. The van der Waals surface area contributed by atoms with Crippen LogP contribution in [0.1, 0.15) is 50.0 Å². The zero-order valence-corrected chi connectivity index (χ0v) is 12.3. The van der Waals surface area contributed by atoms with Gasteiger partial charge in [0, 0.05) is 6.04 Å². The summed E-state index contributed by atoms with van der Waals surface area (Å²) in [4.78, 5) is 10.6. The number of nitrogens with one attached hydrogen (secondary N) is 1. The summed E-state index contributed by atoms with van der Waals surface area (Å²) < 4.78 is 0. The Morgan fingerprint density at radius 1 is 1.40 bits per heavy atom. The van der Waals surface area contributed by atoms with Crippen LogP contribution in [-0.4, -0.2) is 28.8 Å². The van der Waals surface area contributed by atoms with E-state index in [4.69, 9.17) is 5.11 Å². The molecule has 0 fully saturated rings. The number of carbonyl (C=O) groups is 1. The summed E-state index contributed by atoms with van der Waals surface area (Å²) in [7, 11) is 0. The molecule has 1 unspecified atom stereocenters. The van der Waals surface area contributed by atoms with Gasteiger partial charge in [-0.15, -0.1) is 0 Å². The van der Waals surface area contributed by atoms with Crippen molar-refractivity contribution in [2.45, 2.75) is 51.2 Å². The number of fused-ring (bicyclic) bond motifs is 1. The molecule has 0 heterocycles. The lowest BCUT2D eigenvalue weighted by Gasteiger charge is -2.32. The summed E-state index contributed by atoms with van der Waals surface area (Å²) in [6.45, 7) is 6.40. The minimum Gasteiger partial charge on any atom is -0.480 e. The third-order valence-electron chi connectivity index (χ3n) is 3.95. The second-order valence-corrected chi connectivity index (χ2v) is 6.53. The average molecular weight is 277 g/mol. The molecule has 1 aliphatic rings. The zero-order valence-electron chi connectivity index (χ0n) is 12.3. The highest BCUT2D eigenvalue weighted by Crippen LogP contribution is 2.33. The molecule has 2 atom stereocenters. The van der Waals surface area contributed by atoms with Crippen molar-refractivity contribution in [2.75, 3.05) is 6.54 Å². The molecular formula is C16H23NO3. The fraction of sp³-hybridized carbons (Fsp3) is 0.562. The molecule has 0 aliphatic heterocycles. The second-order valence-electron chi connectivity index (χ2n) is 6.53. The first kappa shape index (κ1) is 15.0. The molecule has 0 radical (unpaired) electrons. The van der Waals surface area contributed by atoms with Crippen LogP contribution in [0.15, 0.2) is 18.2 Å². The normalized spacial score (nSPS) is 22.4. The molecule has 2 rings (SSSR count). The van der Waals surface area contributed by atoms with Gasteiger partial charge in [0.2, 0.25) is 0 Å². The zero-order chi connectivity index (χ0) is 14.9. The molecule has 20 heavy (non-hydrogen) atoms. The lowest BCUT2D eigenvalue weighted by Crippen LogP contribution is -2.41. The number of aryl methyl sites for hydroxylation is 1. The maximum atomic E-state index is 10.6. The van der Waals surface area contributed by atoms with Crippen molar-refractivity contribution < 1.29 is 15.0 Å². The lowest BCUT2D eigenvalue weighted by molar-refractivity contribution is -0.136. The molecule has 0 saturated heterocycles. The number of aliphatic hydroxyl groups excluding tert-OH is 1. The summed E-state index contributed by atoms with van der Waals surface area (Å²) in [6, 6.07) is 6.03. The topological polar surface area (TPSA) is 69.6 Å². The van der Waals surface area contributed by atoms with Crippen LogP contribution < -0.4 is 5.32 Å². The molecule has 0 bridgehead atoms. The predicted octanol–water partition coefficient (Wildman–Crippen LogP) is 2.01. The number of rotatable bonds is 3. The number of aliphatic carboxylic acids is 1. The lowest BCUT2D eigenvalue weighted by atomic mass is 9.80. The van der Waals surface area contributed by atoms with Crippen molar-refractivity contribution in [2.24, 2.45) is 0 Å². The maximum Gasteiger partial charge on any atom is 0.317 e. The Labute approximate surface area is 119 Å². The monoisotopic (exact) mass is 277 g/mol. The highest BCUT2D eigenvalue weighted by atomic mass is 16.4. The predicted molar refractivity (Wildman–Crippen MR) is 77.8 cm³/mol. The highest BCUT2D eigenvalue weighted by molar-refractivity contribution is 5.69. The van der Waals surface area contributed by atoms with Gasteiger partial charge in [-0.1, -0.05) is 39.0 Å². The van der Waals surface area contributed by atoms with E-state index in [9.17, 15) is 9.90 Å². The number of carboxylic acid groups (broad SMARTS) is 1. The van der Waals surface area contributed by atoms with Crippen LogP contribution in [0.25, 0.3) is 0 Å². The molecule has 0 amide bonds. The van der Waals surface area contributed by atoms with E-state index in [2.05, 4.69) is 38.2 Å². The van der Waals surface area contributed by atoms with Gasteiger partial charge in [-0.05, 0) is 34.9 Å². The van der Waals surface area contributed by atoms with Crippen LogP contribution in [0.5, 0.6) is 0 Å². The summed E-state index contributed by atoms with van der Waals surface area (Å²) in [5, 5.41) is 22.0. The van der Waals surface area contributed by atoms with E-state index in [1.807, 2.05) is 6.07 Å². The van der Waals surface area contributed by atoms with Crippen LogP contribution in [0.4, 0.5) is 0 Å². The smallest absolute Gasteiger partial charge is 0.317 e. The van der Waals surface area contributed by atoms with E-state index in [-0.39, 0.29) is 18.0 Å². The van der Waals surface area contributed by atoms with Gasteiger partial charge in [0.15, 0.2) is 0 Å². The Kier molecular flexibility index (Phi) is 4.16. The number of hydrogen-bond acceptors (Lipinski definition) is 3. The molecule has 1 aromatic rings. The average Bonchev–Trinajstić information content (AvgIpc) is 2.36. The Hall–Kier alpha value is -1.39. The minimum absolute atomic E-state index is 0.0956. The summed E-state index contributed by atoms with van der Waals surface area (Å²) in [6.07, 6.45) is 0.995. The maximum absolute atomic E-state index is 10.6. The Morgan fingerprint density at radius 3 is 2.70 bits per heavy atom. The van der Waals surface area contributed by atoms with Gasteiger partial charge < -0.3 is 15.5 Å². The van der Waals surface area contributed by atoms with Crippen molar-refractivity contribution in [3.05, 3.63) is 34.9 Å². The highest BCUT2D eigenvalue weighted by Gasteiger charge is 2.29. The third-order valence-corrected chi connectivity index (χ3v) is 3.95. The van der Waals surface area contributed by atoms with Crippen LogP contribution in [-0.2, 0) is 16.6 Å². The first-order valence-corrected chi connectivity index (χ1v) is 7.05. The van der Waals surface area contributed by atoms with Crippen LogP contribution in [0, 0.1) is 0 Å². The Morgan fingerprint density at radius 2 is 2.10 bits per heavy atom. The van der Waals surface area contributed by atoms with Crippen LogP contribution in [0.3, 0.4) is 0 Å². The molecule has 1 aromatic carbocycles. The van der Waals surface area contributed by atoms with Crippen molar-refractivity contribution in [1.82, 2.24) is 5.32 Å². The van der Waals surface area contributed by atoms with Crippen molar-refractivity contribution in [3.8, 4) is 0 Å². The van der Waals surface area contributed by atoms with Crippen LogP contribution >= 0.6 is 0 Å². The molecule has 3 N–H and O–H groups in total. The van der Waals surface area contributed by atoms with Gasteiger partial charge in [-0.25, -0.2) is 0 Å². The number of benzene rings is 1. The van der Waals surface area contributed by atoms with E-state index in [1.165, 1.54) is 11.1 Å². The summed E-state index contributed by atoms with van der Waals surface area (Å²) in [5.74, 6) is -0.897. The van der Waals surface area contributed by atoms with Gasteiger partial charge in [0.05, 0.1) is 12.6 Å². The number of hydrogen-bond donors (Lipinski definition) is 3. The van der Waals surface area contributed by atoms with Crippen molar-refractivity contribution in [3.63, 3.8) is 0 Å².